The average molecular weight is 445 g/mol. The highest BCUT2D eigenvalue weighted by Gasteiger charge is 2.37. The number of rotatable bonds is 11. The van der Waals surface area contributed by atoms with Crippen LogP contribution in [0.15, 0.2) is 29.2 Å². The van der Waals surface area contributed by atoms with Crippen molar-refractivity contribution < 1.29 is 17.9 Å². The maximum atomic E-state index is 12.1. The molecule has 5 nitrogen and oxygen atoms in total. The van der Waals surface area contributed by atoms with Gasteiger partial charge in [0.05, 0.1) is 11.5 Å². The molecule has 1 N–H and O–H groups in total. The molecule has 1 unspecified atom stereocenters. The average Bonchev–Trinajstić information content (AvgIpc) is 2.54. The maximum Gasteiger partial charge on any atom is 0.342 e. The van der Waals surface area contributed by atoms with Crippen LogP contribution in [0.5, 0.6) is 0 Å². The van der Waals surface area contributed by atoms with Crippen molar-refractivity contribution >= 4 is 50.8 Å². The molecular weight excluding hydrogens is 421 g/mol. The van der Waals surface area contributed by atoms with Crippen molar-refractivity contribution in [3.63, 3.8) is 0 Å². The highest BCUT2D eigenvalue weighted by atomic mass is 35.5. The highest BCUT2D eigenvalue weighted by Crippen LogP contribution is 2.32. The van der Waals surface area contributed by atoms with Crippen LogP contribution in [0.2, 0.25) is 0 Å². The van der Waals surface area contributed by atoms with Gasteiger partial charge in [0.15, 0.2) is 0 Å². The number of halogens is 3. The Bertz CT molecular complexity index is 678. The van der Waals surface area contributed by atoms with Gasteiger partial charge in [0.25, 0.3) is 0 Å². The Morgan fingerprint density at radius 2 is 1.85 bits per heavy atom. The van der Waals surface area contributed by atoms with Crippen LogP contribution >= 0.6 is 34.8 Å². The Labute approximate surface area is 170 Å². The first-order valence-electron chi connectivity index (χ1n) is 8.34. The number of aryl methyl sites for hydroxylation is 1. The summed E-state index contributed by atoms with van der Waals surface area (Å²) in [5.74, 6) is -0.708. The molecule has 0 aliphatic rings. The van der Waals surface area contributed by atoms with Crippen molar-refractivity contribution in [3.8, 4) is 0 Å². The van der Waals surface area contributed by atoms with E-state index in [2.05, 4.69) is 4.72 Å². The number of sulfonamides is 1. The Morgan fingerprint density at radius 1 is 1.23 bits per heavy atom. The van der Waals surface area contributed by atoms with Crippen molar-refractivity contribution in [2.24, 2.45) is 0 Å². The fraction of sp³-hybridized carbons (Fsp3) is 0.588. The molecule has 0 heterocycles. The van der Waals surface area contributed by atoms with Crippen molar-refractivity contribution in [2.45, 2.75) is 54.1 Å². The summed E-state index contributed by atoms with van der Waals surface area (Å²) in [5.41, 5.74) is 0.995. The topological polar surface area (TPSA) is 72.5 Å². The summed E-state index contributed by atoms with van der Waals surface area (Å²) in [5, 5.41) is -0.414. The number of alkyl halides is 3. The van der Waals surface area contributed by atoms with Crippen LogP contribution in [0.25, 0.3) is 0 Å². The Kier molecular flexibility index (Phi) is 9.69. The van der Waals surface area contributed by atoms with Gasteiger partial charge in [-0.2, -0.15) is 0 Å². The Morgan fingerprint density at radius 3 is 2.42 bits per heavy atom. The molecule has 1 aromatic rings. The number of carbonyl (C=O) groups excluding carboxylic acids is 1. The lowest BCUT2D eigenvalue weighted by Gasteiger charge is -2.20. The van der Waals surface area contributed by atoms with Crippen molar-refractivity contribution in [1.82, 2.24) is 4.72 Å². The first-order valence-corrected chi connectivity index (χ1v) is 11.0. The first-order chi connectivity index (χ1) is 12.1. The van der Waals surface area contributed by atoms with Crippen LogP contribution in [-0.2, 0) is 19.6 Å². The van der Waals surface area contributed by atoms with E-state index in [4.69, 9.17) is 39.5 Å². The van der Waals surface area contributed by atoms with Gasteiger partial charge in [-0.1, -0.05) is 47.3 Å². The van der Waals surface area contributed by atoms with Gasteiger partial charge in [0, 0.05) is 18.3 Å². The molecule has 148 valence electrons. The zero-order chi connectivity index (χ0) is 19.8. The molecule has 0 saturated carbocycles. The lowest BCUT2D eigenvalue weighted by atomic mass is 10.1. The van der Waals surface area contributed by atoms with Crippen LogP contribution in [0, 0.1) is 6.92 Å². The second-order valence-corrected chi connectivity index (χ2v) is 9.80. The number of unbranched alkanes of at least 4 members (excludes halogenated alkanes) is 1. The molecule has 0 aliphatic heterocycles. The summed E-state index contributed by atoms with van der Waals surface area (Å²) < 4.78 is 30.0. The van der Waals surface area contributed by atoms with E-state index in [9.17, 15) is 13.2 Å². The SMILES string of the molecule is CCOC(=O)C(Cl)(Cl)CC(Cl)CCCCNS(=O)(=O)c1ccc(C)cc1. The van der Waals surface area contributed by atoms with Crippen LogP contribution in [0.3, 0.4) is 0 Å². The zero-order valence-corrected chi connectivity index (χ0v) is 17.9. The van der Waals surface area contributed by atoms with E-state index in [0.717, 1.165) is 5.56 Å². The molecule has 9 heteroatoms. The summed E-state index contributed by atoms with van der Waals surface area (Å²) in [7, 11) is -3.51. The van der Waals surface area contributed by atoms with E-state index >= 15 is 0 Å². The molecule has 1 aromatic carbocycles. The van der Waals surface area contributed by atoms with Crippen LogP contribution in [0.1, 0.15) is 38.2 Å². The zero-order valence-electron chi connectivity index (χ0n) is 14.8. The minimum absolute atomic E-state index is 0.0611. The summed E-state index contributed by atoms with van der Waals surface area (Å²) in [6.45, 7) is 4.04. The highest BCUT2D eigenvalue weighted by molar-refractivity contribution is 7.89. The van der Waals surface area contributed by atoms with E-state index in [1.54, 1.807) is 31.2 Å². The number of ether oxygens (including phenoxy) is 1. The molecule has 0 spiro atoms. The molecular formula is C17H24Cl3NO4S. The number of nitrogens with one attached hydrogen (secondary N) is 1. The van der Waals surface area contributed by atoms with Gasteiger partial charge in [-0.05, 0) is 38.8 Å². The third kappa shape index (κ3) is 8.01. The number of hydrogen-bond donors (Lipinski definition) is 1. The van der Waals surface area contributed by atoms with Gasteiger partial charge < -0.3 is 4.74 Å². The minimum Gasteiger partial charge on any atom is -0.464 e. The van der Waals surface area contributed by atoms with Gasteiger partial charge >= 0.3 is 5.97 Å². The van der Waals surface area contributed by atoms with Gasteiger partial charge in [-0.3, -0.25) is 0 Å². The summed E-state index contributed by atoms with van der Waals surface area (Å²) in [4.78, 5) is 11.9. The molecule has 1 atom stereocenters. The number of esters is 1. The molecule has 26 heavy (non-hydrogen) atoms. The normalized spacial score (nSPS) is 13.4. The lowest BCUT2D eigenvalue weighted by Crippen LogP contribution is -2.31. The molecule has 0 aliphatic carbocycles. The summed E-state index contributed by atoms with van der Waals surface area (Å²) in [6, 6.07) is 6.65. The van der Waals surface area contributed by atoms with E-state index in [1.807, 2.05) is 6.92 Å². The molecule has 0 saturated heterocycles. The Balaban J connectivity index is 2.33. The third-order valence-corrected chi connectivity index (χ3v) is 6.09. The second-order valence-electron chi connectivity index (χ2n) is 5.93. The third-order valence-electron chi connectivity index (χ3n) is 3.62. The molecule has 0 aromatic heterocycles. The van der Waals surface area contributed by atoms with Gasteiger partial charge in [-0.15, -0.1) is 11.6 Å². The smallest absolute Gasteiger partial charge is 0.342 e. The molecule has 0 bridgehead atoms. The number of carbonyl (C=O) groups is 1. The quantitative estimate of drug-likeness (QED) is 0.316. The fourth-order valence-electron chi connectivity index (χ4n) is 2.20. The first kappa shape index (κ1) is 23.5. The van der Waals surface area contributed by atoms with Crippen LogP contribution in [0.4, 0.5) is 0 Å². The van der Waals surface area contributed by atoms with E-state index < -0.39 is 25.7 Å². The van der Waals surface area contributed by atoms with Gasteiger partial charge in [-0.25, -0.2) is 17.9 Å². The maximum absolute atomic E-state index is 12.1. The monoisotopic (exact) mass is 443 g/mol. The van der Waals surface area contributed by atoms with Crippen molar-refractivity contribution in [3.05, 3.63) is 29.8 Å². The molecule has 1 rings (SSSR count). The summed E-state index contributed by atoms with van der Waals surface area (Å²) >= 11 is 18.1. The van der Waals surface area contributed by atoms with Crippen LogP contribution in [-0.4, -0.2) is 37.2 Å². The Hall–Kier alpha value is -0.530. The predicted molar refractivity (Wildman–Crippen MR) is 106 cm³/mol. The van der Waals surface area contributed by atoms with E-state index in [0.29, 0.717) is 25.8 Å². The molecule has 0 fully saturated rings. The number of benzene rings is 1. The van der Waals surface area contributed by atoms with Gasteiger partial charge in [0.2, 0.25) is 14.4 Å². The number of hydrogen-bond acceptors (Lipinski definition) is 4. The minimum atomic E-state index is -3.51. The van der Waals surface area contributed by atoms with Crippen LogP contribution < -0.4 is 4.72 Å². The van der Waals surface area contributed by atoms with Crippen molar-refractivity contribution in [2.75, 3.05) is 13.2 Å². The van der Waals surface area contributed by atoms with E-state index in [1.165, 1.54) is 0 Å². The van der Waals surface area contributed by atoms with E-state index in [-0.39, 0.29) is 17.9 Å². The predicted octanol–water partition coefficient (Wildman–Crippen LogP) is 4.18. The standard InChI is InChI=1S/C17H24Cl3NO4S/c1-3-25-16(22)17(19,20)12-14(18)6-4-5-11-21-26(23,24)15-9-7-13(2)8-10-15/h7-10,14,21H,3-6,11-12H2,1-2H3. The van der Waals surface area contributed by atoms with Gasteiger partial charge in [0.1, 0.15) is 0 Å². The molecule has 0 amide bonds. The van der Waals surface area contributed by atoms with Crippen molar-refractivity contribution in [1.29, 1.82) is 0 Å². The summed E-state index contributed by atoms with van der Waals surface area (Å²) in [6.07, 6.45) is 1.88. The lowest BCUT2D eigenvalue weighted by molar-refractivity contribution is -0.144. The molecule has 0 radical (unpaired) electrons. The fourth-order valence-corrected chi connectivity index (χ4v) is 4.30. The second kappa shape index (κ2) is 10.7. The largest absolute Gasteiger partial charge is 0.464 e.